The highest BCUT2D eigenvalue weighted by Gasteiger charge is 2.14. The van der Waals surface area contributed by atoms with Gasteiger partial charge in [0, 0.05) is 23.7 Å². The number of rotatable bonds is 4. The molecule has 1 heterocycles. The first kappa shape index (κ1) is 14.1. The summed E-state index contributed by atoms with van der Waals surface area (Å²) < 4.78 is 1.93. The second-order valence-corrected chi connectivity index (χ2v) is 4.72. The predicted molar refractivity (Wildman–Crippen MR) is 71.9 cm³/mol. The number of halogens is 1. The second kappa shape index (κ2) is 5.74. The van der Waals surface area contributed by atoms with Crippen LogP contribution in [0.4, 0.5) is 11.4 Å². The minimum Gasteiger partial charge on any atom is -0.324 e. The molecule has 2 rings (SSSR count). The summed E-state index contributed by atoms with van der Waals surface area (Å²) in [5.41, 5.74) is 0.211. The van der Waals surface area contributed by atoms with Gasteiger partial charge in [-0.05, 0) is 32.4 Å². The molecule has 0 saturated carbocycles. The molecular weight excluding hydrogens is 332 g/mol. The van der Waals surface area contributed by atoms with Gasteiger partial charge in [0.1, 0.15) is 0 Å². The maximum Gasteiger partial charge on any atom is 0.271 e. The Morgan fingerprint density at radius 3 is 2.90 bits per heavy atom. The number of carbonyl (C=O) groups is 1. The van der Waals surface area contributed by atoms with E-state index in [0.29, 0.717) is 16.0 Å². The number of hydrogen-bond donors (Lipinski definition) is 1. The number of non-ortho nitro benzene ring substituents is 1. The van der Waals surface area contributed by atoms with Crippen molar-refractivity contribution in [1.82, 2.24) is 20.2 Å². The molecule has 2 aromatic rings. The lowest BCUT2D eigenvalue weighted by Gasteiger charge is -2.06. The van der Waals surface area contributed by atoms with Crippen LogP contribution in [0.2, 0.25) is 0 Å². The molecule has 1 aromatic carbocycles. The second-order valence-electron chi connectivity index (χ2n) is 3.86. The largest absolute Gasteiger partial charge is 0.324 e. The van der Waals surface area contributed by atoms with Gasteiger partial charge in [-0.25, -0.2) is 4.68 Å². The van der Waals surface area contributed by atoms with Crippen LogP contribution in [0, 0.1) is 10.1 Å². The van der Waals surface area contributed by atoms with Gasteiger partial charge >= 0.3 is 0 Å². The molecule has 9 nitrogen and oxygen atoms in total. The number of nitrogens with one attached hydrogen (secondary N) is 1. The molecule has 20 heavy (non-hydrogen) atoms. The summed E-state index contributed by atoms with van der Waals surface area (Å²) >= 11 is 3.22. The molecule has 0 aliphatic carbocycles. The Morgan fingerprint density at radius 1 is 1.55 bits per heavy atom. The van der Waals surface area contributed by atoms with E-state index in [4.69, 9.17) is 0 Å². The van der Waals surface area contributed by atoms with Crippen molar-refractivity contribution >= 4 is 33.2 Å². The van der Waals surface area contributed by atoms with Gasteiger partial charge in [-0.1, -0.05) is 0 Å². The fourth-order valence-electron chi connectivity index (χ4n) is 1.46. The van der Waals surface area contributed by atoms with E-state index in [1.54, 1.807) is 7.05 Å². The number of tetrazole rings is 1. The Bertz CT molecular complexity index is 671. The van der Waals surface area contributed by atoms with Crippen molar-refractivity contribution in [2.45, 2.75) is 6.42 Å². The number of amides is 1. The van der Waals surface area contributed by atoms with Gasteiger partial charge in [0.2, 0.25) is 5.91 Å². The Kier molecular flexibility index (Phi) is 4.03. The highest BCUT2D eigenvalue weighted by Crippen LogP contribution is 2.27. The summed E-state index contributed by atoms with van der Waals surface area (Å²) in [4.78, 5) is 22.0. The smallest absolute Gasteiger partial charge is 0.271 e. The molecule has 0 unspecified atom stereocenters. The third-order valence-corrected chi connectivity index (χ3v) is 3.15. The standard InChI is InChI=1S/C10H9BrN6O3/c1-16-9(13-14-15-16)5-10(18)12-8-4-6(17(19)20)2-3-7(8)11/h2-4H,5H2,1H3,(H,12,18). The fourth-order valence-corrected chi connectivity index (χ4v) is 1.80. The molecule has 0 atom stereocenters. The number of nitro groups is 1. The number of nitrogens with zero attached hydrogens (tertiary/aromatic N) is 5. The average Bonchev–Trinajstić information content (AvgIpc) is 2.77. The maximum absolute atomic E-state index is 11.9. The molecule has 10 heteroatoms. The van der Waals surface area contributed by atoms with Gasteiger partial charge < -0.3 is 5.32 Å². The van der Waals surface area contributed by atoms with Crippen LogP contribution in [0.3, 0.4) is 0 Å². The zero-order valence-electron chi connectivity index (χ0n) is 10.3. The van der Waals surface area contributed by atoms with E-state index in [1.807, 2.05) is 0 Å². The average molecular weight is 341 g/mol. The van der Waals surface area contributed by atoms with E-state index in [2.05, 4.69) is 36.8 Å². The maximum atomic E-state index is 11.9. The molecule has 0 saturated heterocycles. The minimum atomic E-state index is -0.533. The molecule has 0 aliphatic rings. The molecule has 1 N–H and O–H groups in total. The lowest BCUT2D eigenvalue weighted by atomic mass is 10.2. The van der Waals surface area contributed by atoms with Crippen LogP contribution in [-0.4, -0.2) is 31.0 Å². The number of carbonyl (C=O) groups excluding carboxylic acids is 1. The van der Waals surface area contributed by atoms with Gasteiger partial charge in [0.25, 0.3) is 5.69 Å². The molecule has 0 bridgehead atoms. The molecule has 104 valence electrons. The van der Waals surface area contributed by atoms with Gasteiger partial charge in [0.05, 0.1) is 17.0 Å². The summed E-state index contributed by atoms with van der Waals surface area (Å²) in [5, 5.41) is 24.0. The van der Waals surface area contributed by atoms with Gasteiger partial charge in [-0.2, -0.15) is 0 Å². The van der Waals surface area contributed by atoms with Crippen LogP contribution in [0.15, 0.2) is 22.7 Å². The normalized spacial score (nSPS) is 10.3. The van der Waals surface area contributed by atoms with Crippen molar-refractivity contribution in [1.29, 1.82) is 0 Å². The lowest BCUT2D eigenvalue weighted by molar-refractivity contribution is -0.384. The monoisotopic (exact) mass is 340 g/mol. The summed E-state index contributed by atoms with van der Waals surface area (Å²) in [7, 11) is 1.62. The Hall–Kier alpha value is -2.36. The van der Waals surface area contributed by atoms with Gasteiger partial charge in [-0.15, -0.1) is 5.10 Å². The molecular formula is C10H9BrN6O3. The van der Waals surface area contributed by atoms with Crippen molar-refractivity contribution in [2.75, 3.05) is 5.32 Å². The number of aromatic nitrogens is 4. The fraction of sp³-hybridized carbons (Fsp3) is 0.200. The first-order valence-corrected chi connectivity index (χ1v) is 6.21. The van der Waals surface area contributed by atoms with E-state index >= 15 is 0 Å². The van der Waals surface area contributed by atoms with E-state index in [9.17, 15) is 14.9 Å². The Labute approximate surface area is 121 Å². The van der Waals surface area contributed by atoms with E-state index in [0.717, 1.165) is 0 Å². The lowest BCUT2D eigenvalue weighted by Crippen LogP contribution is -2.17. The number of benzene rings is 1. The summed E-state index contributed by atoms with van der Waals surface area (Å²) in [6.45, 7) is 0. The van der Waals surface area contributed by atoms with Crippen molar-refractivity contribution in [3.63, 3.8) is 0 Å². The van der Waals surface area contributed by atoms with Crippen LogP contribution >= 0.6 is 15.9 Å². The van der Waals surface area contributed by atoms with Gasteiger partial charge in [-0.3, -0.25) is 14.9 Å². The van der Waals surface area contributed by atoms with E-state index < -0.39 is 4.92 Å². The first-order valence-electron chi connectivity index (χ1n) is 5.42. The van der Waals surface area contributed by atoms with E-state index in [-0.39, 0.29) is 18.0 Å². The van der Waals surface area contributed by atoms with Crippen LogP contribution in [-0.2, 0) is 18.3 Å². The minimum absolute atomic E-state index is 0.0291. The third kappa shape index (κ3) is 3.15. The van der Waals surface area contributed by atoms with Crippen molar-refractivity contribution < 1.29 is 9.72 Å². The van der Waals surface area contributed by atoms with E-state index in [1.165, 1.54) is 22.9 Å². The quantitative estimate of drug-likeness (QED) is 0.657. The predicted octanol–water partition coefficient (Wildman–Crippen LogP) is 1.06. The Morgan fingerprint density at radius 2 is 2.30 bits per heavy atom. The molecule has 1 aromatic heterocycles. The van der Waals surface area contributed by atoms with Crippen LogP contribution in [0.1, 0.15) is 5.82 Å². The number of nitro benzene ring substituents is 1. The topological polar surface area (TPSA) is 116 Å². The highest BCUT2D eigenvalue weighted by atomic mass is 79.9. The summed E-state index contributed by atoms with van der Waals surface area (Å²) in [6.07, 6.45) is -0.0291. The zero-order chi connectivity index (χ0) is 14.7. The molecule has 0 spiro atoms. The van der Waals surface area contributed by atoms with Crippen molar-refractivity contribution in [3.05, 3.63) is 38.6 Å². The molecule has 0 radical (unpaired) electrons. The van der Waals surface area contributed by atoms with Crippen LogP contribution in [0.5, 0.6) is 0 Å². The van der Waals surface area contributed by atoms with Crippen LogP contribution in [0.25, 0.3) is 0 Å². The zero-order valence-corrected chi connectivity index (χ0v) is 11.9. The number of aryl methyl sites for hydroxylation is 1. The first-order chi connectivity index (χ1) is 9.47. The Balaban J connectivity index is 2.13. The van der Waals surface area contributed by atoms with Crippen LogP contribution < -0.4 is 5.32 Å². The molecule has 1 amide bonds. The number of anilines is 1. The SMILES string of the molecule is Cn1nnnc1CC(=O)Nc1cc([N+](=O)[O-])ccc1Br. The summed E-state index contributed by atoms with van der Waals surface area (Å²) in [5.74, 6) is 0.0214. The third-order valence-electron chi connectivity index (χ3n) is 2.46. The van der Waals surface area contributed by atoms with Crippen molar-refractivity contribution in [2.24, 2.45) is 7.05 Å². The molecule has 0 aliphatic heterocycles. The van der Waals surface area contributed by atoms with Crippen molar-refractivity contribution in [3.8, 4) is 0 Å². The number of hydrogen-bond acceptors (Lipinski definition) is 6. The highest BCUT2D eigenvalue weighted by molar-refractivity contribution is 9.10. The van der Waals surface area contributed by atoms with Gasteiger partial charge in [0.15, 0.2) is 5.82 Å². The molecule has 0 fully saturated rings. The summed E-state index contributed by atoms with van der Waals surface area (Å²) in [6, 6.07) is 4.11.